The number of ether oxygens (including phenoxy) is 2. The van der Waals surface area contributed by atoms with Crippen LogP contribution >= 0.6 is 0 Å². The molecule has 0 radical (unpaired) electrons. The van der Waals surface area contributed by atoms with Crippen molar-refractivity contribution in [3.63, 3.8) is 0 Å². The van der Waals surface area contributed by atoms with E-state index in [2.05, 4.69) is 0 Å². The van der Waals surface area contributed by atoms with E-state index in [0.717, 1.165) is 0 Å². The number of rotatable bonds is 6. The summed E-state index contributed by atoms with van der Waals surface area (Å²) in [4.78, 5) is 11.9. The van der Waals surface area contributed by atoms with E-state index in [1.165, 1.54) is 18.2 Å². The van der Waals surface area contributed by atoms with Crippen LogP contribution in [0.2, 0.25) is 0 Å². The molecule has 0 spiro atoms. The standard InChI is InChI=1S/C16H15FO3/c1-2-19-15-8-3-4-9-16(15)20-11-14(18)12-6-5-7-13(17)10-12/h3-10H,2,11H2,1H3. The van der Waals surface area contributed by atoms with Gasteiger partial charge in [0.15, 0.2) is 23.9 Å². The Morgan fingerprint density at radius 3 is 2.40 bits per heavy atom. The van der Waals surface area contributed by atoms with Gasteiger partial charge in [-0.15, -0.1) is 0 Å². The maximum atomic E-state index is 13.0. The zero-order chi connectivity index (χ0) is 14.4. The first-order valence-electron chi connectivity index (χ1n) is 6.34. The van der Waals surface area contributed by atoms with Crippen LogP contribution in [0.1, 0.15) is 17.3 Å². The molecule has 2 aromatic carbocycles. The van der Waals surface area contributed by atoms with E-state index in [1.807, 2.05) is 13.0 Å². The van der Waals surface area contributed by atoms with Crippen LogP contribution < -0.4 is 9.47 Å². The smallest absolute Gasteiger partial charge is 0.200 e. The maximum absolute atomic E-state index is 13.0. The lowest BCUT2D eigenvalue weighted by Gasteiger charge is -2.11. The summed E-state index contributed by atoms with van der Waals surface area (Å²) in [6.45, 7) is 2.22. The van der Waals surface area contributed by atoms with E-state index in [4.69, 9.17) is 9.47 Å². The Hall–Kier alpha value is -2.36. The van der Waals surface area contributed by atoms with Crippen LogP contribution in [-0.2, 0) is 0 Å². The van der Waals surface area contributed by atoms with Crippen LogP contribution in [0.4, 0.5) is 4.39 Å². The van der Waals surface area contributed by atoms with Crippen molar-refractivity contribution in [2.24, 2.45) is 0 Å². The molecule has 0 N–H and O–H groups in total. The molecule has 0 aliphatic rings. The minimum Gasteiger partial charge on any atom is -0.490 e. The number of para-hydroxylation sites is 2. The van der Waals surface area contributed by atoms with Crippen LogP contribution in [0.25, 0.3) is 0 Å². The molecule has 2 rings (SSSR count). The third kappa shape index (κ3) is 3.57. The second-order valence-electron chi connectivity index (χ2n) is 4.10. The minimum absolute atomic E-state index is 0.159. The molecule has 0 saturated carbocycles. The topological polar surface area (TPSA) is 35.5 Å². The summed E-state index contributed by atoms with van der Waals surface area (Å²) in [6.07, 6.45) is 0. The second kappa shape index (κ2) is 6.70. The molecule has 0 bridgehead atoms. The maximum Gasteiger partial charge on any atom is 0.200 e. The Labute approximate surface area is 117 Å². The van der Waals surface area contributed by atoms with E-state index in [9.17, 15) is 9.18 Å². The highest BCUT2D eigenvalue weighted by atomic mass is 19.1. The molecule has 0 aliphatic carbocycles. The highest BCUT2D eigenvalue weighted by Gasteiger charge is 2.10. The number of halogens is 1. The van der Waals surface area contributed by atoms with Gasteiger partial charge in [0.05, 0.1) is 6.61 Å². The lowest BCUT2D eigenvalue weighted by molar-refractivity contribution is 0.0918. The van der Waals surface area contributed by atoms with E-state index in [0.29, 0.717) is 23.7 Å². The molecule has 0 saturated heterocycles. The molecule has 4 heteroatoms. The van der Waals surface area contributed by atoms with Crippen molar-refractivity contribution < 1.29 is 18.7 Å². The molecular formula is C16H15FO3. The lowest BCUT2D eigenvalue weighted by atomic mass is 10.1. The summed E-state index contributed by atoms with van der Waals surface area (Å²) < 4.78 is 23.9. The zero-order valence-electron chi connectivity index (χ0n) is 11.1. The molecule has 0 amide bonds. The predicted octanol–water partition coefficient (Wildman–Crippen LogP) is 3.49. The fourth-order valence-corrected chi connectivity index (χ4v) is 1.73. The Bertz CT molecular complexity index is 596. The number of benzene rings is 2. The van der Waals surface area contributed by atoms with Crippen molar-refractivity contribution in [1.82, 2.24) is 0 Å². The third-order valence-corrected chi connectivity index (χ3v) is 2.65. The van der Waals surface area contributed by atoms with Gasteiger partial charge in [-0.2, -0.15) is 0 Å². The summed E-state index contributed by atoms with van der Waals surface area (Å²) in [5.41, 5.74) is 0.291. The molecule has 0 fully saturated rings. The highest BCUT2D eigenvalue weighted by Crippen LogP contribution is 2.26. The molecule has 0 heterocycles. The third-order valence-electron chi connectivity index (χ3n) is 2.65. The average molecular weight is 274 g/mol. The van der Waals surface area contributed by atoms with E-state index in [1.54, 1.807) is 24.3 Å². The Morgan fingerprint density at radius 1 is 1.05 bits per heavy atom. The van der Waals surface area contributed by atoms with Gasteiger partial charge in [0.25, 0.3) is 0 Å². The fraction of sp³-hybridized carbons (Fsp3) is 0.188. The molecule has 20 heavy (non-hydrogen) atoms. The normalized spacial score (nSPS) is 10.1. The highest BCUT2D eigenvalue weighted by molar-refractivity contribution is 5.97. The molecule has 2 aromatic rings. The number of ketones is 1. The van der Waals surface area contributed by atoms with Gasteiger partial charge in [0, 0.05) is 5.56 Å². The summed E-state index contributed by atoms with van der Waals surface area (Å²) in [5.74, 6) is 0.363. The molecule has 3 nitrogen and oxygen atoms in total. The molecule has 104 valence electrons. The van der Waals surface area contributed by atoms with Gasteiger partial charge >= 0.3 is 0 Å². The largest absolute Gasteiger partial charge is 0.490 e. The van der Waals surface area contributed by atoms with Crippen molar-refractivity contribution in [1.29, 1.82) is 0 Å². The lowest BCUT2D eigenvalue weighted by Crippen LogP contribution is -2.12. The van der Waals surface area contributed by atoms with Crippen LogP contribution in [0.3, 0.4) is 0 Å². The van der Waals surface area contributed by atoms with E-state index < -0.39 is 5.82 Å². The minimum atomic E-state index is -0.439. The van der Waals surface area contributed by atoms with Gasteiger partial charge in [-0.05, 0) is 31.2 Å². The van der Waals surface area contributed by atoms with Crippen molar-refractivity contribution >= 4 is 5.78 Å². The van der Waals surface area contributed by atoms with Gasteiger partial charge in [0.1, 0.15) is 5.82 Å². The van der Waals surface area contributed by atoms with E-state index in [-0.39, 0.29) is 12.4 Å². The first-order valence-corrected chi connectivity index (χ1v) is 6.34. The quantitative estimate of drug-likeness (QED) is 0.756. The van der Waals surface area contributed by atoms with Crippen molar-refractivity contribution in [2.45, 2.75) is 6.92 Å². The summed E-state index contributed by atoms with van der Waals surface area (Å²) >= 11 is 0. The van der Waals surface area contributed by atoms with Crippen LogP contribution in [0.5, 0.6) is 11.5 Å². The molecule has 0 unspecified atom stereocenters. The van der Waals surface area contributed by atoms with E-state index >= 15 is 0 Å². The Morgan fingerprint density at radius 2 is 1.75 bits per heavy atom. The first-order chi connectivity index (χ1) is 9.70. The van der Waals surface area contributed by atoms with Gasteiger partial charge in [0.2, 0.25) is 0 Å². The van der Waals surface area contributed by atoms with Gasteiger partial charge < -0.3 is 9.47 Å². The fourth-order valence-electron chi connectivity index (χ4n) is 1.73. The molecule has 0 atom stereocenters. The van der Waals surface area contributed by atoms with Crippen LogP contribution in [0, 0.1) is 5.82 Å². The van der Waals surface area contributed by atoms with Gasteiger partial charge in [-0.3, -0.25) is 4.79 Å². The Kier molecular flexibility index (Phi) is 4.71. The number of Topliss-reactive ketones (excluding diaryl/α,β-unsaturated/α-hetero) is 1. The number of carbonyl (C=O) groups excluding carboxylic acids is 1. The summed E-state index contributed by atoms with van der Waals surface area (Å²) in [7, 11) is 0. The first kappa shape index (κ1) is 14.1. The van der Waals surface area contributed by atoms with Crippen molar-refractivity contribution in [3.8, 4) is 11.5 Å². The predicted molar refractivity (Wildman–Crippen MR) is 73.8 cm³/mol. The summed E-state index contributed by atoms with van der Waals surface area (Å²) in [6, 6.07) is 12.7. The molecule has 0 aromatic heterocycles. The zero-order valence-corrected chi connectivity index (χ0v) is 11.1. The molecule has 0 aliphatic heterocycles. The van der Waals surface area contributed by atoms with Gasteiger partial charge in [-0.25, -0.2) is 4.39 Å². The SMILES string of the molecule is CCOc1ccccc1OCC(=O)c1cccc(F)c1. The summed E-state index contributed by atoms with van der Waals surface area (Å²) in [5, 5.41) is 0. The molecular weight excluding hydrogens is 259 g/mol. The number of carbonyl (C=O) groups is 1. The number of hydrogen-bond acceptors (Lipinski definition) is 3. The monoisotopic (exact) mass is 274 g/mol. The van der Waals surface area contributed by atoms with Crippen LogP contribution in [-0.4, -0.2) is 19.0 Å². The van der Waals surface area contributed by atoms with Crippen molar-refractivity contribution in [2.75, 3.05) is 13.2 Å². The Balaban J connectivity index is 2.03. The van der Waals surface area contributed by atoms with Gasteiger partial charge in [-0.1, -0.05) is 24.3 Å². The average Bonchev–Trinajstić information content (AvgIpc) is 2.46. The van der Waals surface area contributed by atoms with Crippen molar-refractivity contribution in [3.05, 3.63) is 59.9 Å². The van der Waals surface area contributed by atoms with Crippen LogP contribution in [0.15, 0.2) is 48.5 Å². The second-order valence-corrected chi connectivity index (χ2v) is 4.10. The number of hydrogen-bond donors (Lipinski definition) is 0.